The lowest BCUT2D eigenvalue weighted by Crippen LogP contribution is -2.04. The zero-order chi connectivity index (χ0) is 33.8. The van der Waals surface area contributed by atoms with Crippen molar-refractivity contribution in [2.75, 3.05) is 26.4 Å². The summed E-state index contributed by atoms with van der Waals surface area (Å²) in [5.74, 6) is 13.6. The molecule has 0 fully saturated rings. The van der Waals surface area contributed by atoms with Crippen LogP contribution < -0.4 is 9.47 Å². The third-order valence-electron chi connectivity index (χ3n) is 6.95. The maximum atomic E-state index is 11.0. The molecule has 242 valence electrons. The summed E-state index contributed by atoms with van der Waals surface area (Å²) in [6.45, 7) is 8.57. The van der Waals surface area contributed by atoms with Crippen molar-refractivity contribution in [1.82, 2.24) is 0 Å². The molecule has 4 aromatic carbocycles. The van der Waals surface area contributed by atoms with E-state index in [4.69, 9.17) is 18.9 Å². The molecule has 0 N–H and O–H groups in total. The molecule has 6 heteroatoms. The van der Waals surface area contributed by atoms with Gasteiger partial charge >= 0.3 is 11.9 Å². The Morgan fingerprint density at radius 1 is 0.458 bits per heavy atom. The monoisotopic (exact) mass is 638 g/mol. The molecule has 0 saturated carbocycles. The number of rotatable bonds is 15. The van der Waals surface area contributed by atoms with Gasteiger partial charge in [-0.05, 0) is 110 Å². The molecule has 0 unspecified atom stereocenters. The summed E-state index contributed by atoms with van der Waals surface area (Å²) in [7, 11) is 0. The Balaban J connectivity index is 1.20. The Labute approximate surface area is 283 Å². The highest BCUT2D eigenvalue weighted by molar-refractivity contribution is 5.81. The Morgan fingerprint density at radius 3 is 1.06 bits per heavy atom. The molecule has 0 spiro atoms. The second kappa shape index (κ2) is 19.5. The van der Waals surface area contributed by atoms with E-state index in [0.29, 0.717) is 26.4 Å². The summed E-state index contributed by atoms with van der Waals surface area (Å²) < 4.78 is 21.4. The number of carbonyl (C=O) groups excluding carboxylic acids is 2. The minimum atomic E-state index is -0.403. The highest BCUT2D eigenvalue weighted by atomic mass is 16.5. The molecular weight excluding hydrogens is 600 g/mol. The second-order valence-corrected chi connectivity index (χ2v) is 10.6. The first-order chi connectivity index (χ1) is 23.5. The molecule has 0 aliphatic rings. The SMILES string of the molecule is C=CC(=O)OCCCCOc1ccc(C#Cc2ccc(-c3ccc(C#Cc4ccc(OCCCCOC(=O)C=C)cc4)cc3)cc2)cc1. The molecular formula is C42H38O6. The molecule has 48 heavy (non-hydrogen) atoms. The lowest BCUT2D eigenvalue weighted by molar-refractivity contribution is -0.138. The minimum Gasteiger partial charge on any atom is -0.494 e. The van der Waals surface area contributed by atoms with Crippen molar-refractivity contribution < 1.29 is 28.5 Å². The van der Waals surface area contributed by atoms with E-state index in [0.717, 1.165) is 82.7 Å². The third-order valence-corrected chi connectivity index (χ3v) is 6.95. The summed E-state index contributed by atoms with van der Waals surface area (Å²) in [5.41, 5.74) is 5.88. The first-order valence-electron chi connectivity index (χ1n) is 15.8. The molecule has 0 radical (unpaired) electrons. The number of hydrogen-bond donors (Lipinski definition) is 0. The normalized spacial score (nSPS) is 9.92. The summed E-state index contributed by atoms with van der Waals surface area (Å²) in [5, 5.41) is 0. The number of hydrogen-bond acceptors (Lipinski definition) is 6. The Bertz CT molecular complexity index is 1630. The van der Waals surface area contributed by atoms with Crippen LogP contribution in [0, 0.1) is 23.7 Å². The first-order valence-corrected chi connectivity index (χ1v) is 15.8. The van der Waals surface area contributed by atoms with E-state index >= 15 is 0 Å². The fourth-order valence-electron chi connectivity index (χ4n) is 4.30. The van der Waals surface area contributed by atoms with Crippen LogP contribution in [0.5, 0.6) is 11.5 Å². The van der Waals surface area contributed by atoms with E-state index in [1.165, 1.54) is 0 Å². The largest absolute Gasteiger partial charge is 0.494 e. The molecule has 0 aliphatic carbocycles. The predicted molar refractivity (Wildman–Crippen MR) is 188 cm³/mol. The zero-order valence-electron chi connectivity index (χ0n) is 26.9. The number of carbonyl (C=O) groups is 2. The maximum Gasteiger partial charge on any atom is 0.330 e. The van der Waals surface area contributed by atoms with Crippen molar-refractivity contribution in [1.29, 1.82) is 0 Å². The van der Waals surface area contributed by atoms with E-state index < -0.39 is 11.9 Å². The lowest BCUT2D eigenvalue weighted by atomic mass is 10.0. The molecule has 4 rings (SSSR count). The second-order valence-electron chi connectivity index (χ2n) is 10.6. The van der Waals surface area contributed by atoms with Crippen LogP contribution in [0.3, 0.4) is 0 Å². The van der Waals surface area contributed by atoms with Gasteiger partial charge in [-0.3, -0.25) is 0 Å². The van der Waals surface area contributed by atoms with Crippen LogP contribution in [0.1, 0.15) is 47.9 Å². The van der Waals surface area contributed by atoms with Crippen LogP contribution >= 0.6 is 0 Å². The fraction of sp³-hybridized carbons (Fsp3) is 0.190. The average molecular weight is 639 g/mol. The Kier molecular flexibility index (Phi) is 14.2. The predicted octanol–water partition coefficient (Wildman–Crippen LogP) is 7.93. The van der Waals surface area contributed by atoms with Gasteiger partial charge in [-0.1, -0.05) is 61.1 Å². The highest BCUT2D eigenvalue weighted by Crippen LogP contribution is 2.21. The Morgan fingerprint density at radius 2 is 0.750 bits per heavy atom. The third kappa shape index (κ3) is 12.4. The maximum absolute atomic E-state index is 11.0. The minimum absolute atomic E-state index is 0.364. The standard InChI is InChI=1S/C42H38O6/c1-3-41(43)47-31-7-5-29-45-39-25-17-35(18-26-39)11-9-33-13-21-37(22-14-33)38-23-15-34(16-24-38)10-12-36-19-27-40(28-20-36)46-30-6-8-32-48-42(44)4-2/h3-4,13-28H,1-2,5-8,29-32H2. The number of ether oxygens (including phenoxy) is 4. The molecule has 0 atom stereocenters. The van der Waals surface area contributed by atoms with Gasteiger partial charge < -0.3 is 18.9 Å². The van der Waals surface area contributed by atoms with Gasteiger partial charge in [0.2, 0.25) is 0 Å². The zero-order valence-corrected chi connectivity index (χ0v) is 26.9. The van der Waals surface area contributed by atoms with Crippen molar-refractivity contribution in [3.05, 3.63) is 145 Å². The van der Waals surface area contributed by atoms with Gasteiger partial charge in [-0.15, -0.1) is 0 Å². The van der Waals surface area contributed by atoms with Gasteiger partial charge in [0.15, 0.2) is 0 Å². The van der Waals surface area contributed by atoms with Crippen molar-refractivity contribution in [2.45, 2.75) is 25.7 Å². The number of esters is 2. The van der Waals surface area contributed by atoms with Crippen molar-refractivity contribution in [3.8, 4) is 46.3 Å². The van der Waals surface area contributed by atoms with Gasteiger partial charge in [-0.2, -0.15) is 0 Å². The number of benzene rings is 4. The molecule has 0 amide bonds. The van der Waals surface area contributed by atoms with Crippen LogP contribution in [0.25, 0.3) is 11.1 Å². The molecule has 4 aromatic rings. The molecule has 0 aliphatic heterocycles. The lowest BCUT2D eigenvalue weighted by Gasteiger charge is -2.06. The van der Waals surface area contributed by atoms with Gasteiger partial charge in [0, 0.05) is 34.4 Å². The van der Waals surface area contributed by atoms with Gasteiger partial charge in [0.25, 0.3) is 0 Å². The molecule has 0 heterocycles. The van der Waals surface area contributed by atoms with Crippen molar-refractivity contribution in [2.24, 2.45) is 0 Å². The summed E-state index contributed by atoms with van der Waals surface area (Å²) in [4.78, 5) is 22.1. The first kappa shape index (κ1) is 34.9. The smallest absolute Gasteiger partial charge is 0.330 e. The van der Waals surface area contributed by atoms with E-state index in [2.05, 4.69) is 61.1 Å². The van der Waals surface area contributed by atoms with E-state index in [1.54, 1.807) is 0 Å². The number of unbranched alkanes of at least 4 members (excludes halogenated alkanes) is 2. The van der Waals surface area contributed by atoms with Crippen LogP contribution in [0.15, 0.2) is 122 Å². The van der Waals surface area contributed by atoms with Crippen LogP contribution in [0.4, 0.5) is 0 Å². The molecule has 0 saturated heterocycles. The van der Waals surface area contributed by atoms with Crippen LogP contribution in [0.2, 0.25) is 0 Å². The fourth-order valence-corrected chi connectivity index (χ4v) is 4.30. The summed E-state index contributed by atoms with van der Waals surface area (Å²) in [6.07, 6.45) is 5.37. The van der Waals surface area contributed by atoms with Crippen molar-refractivity contribution >= 4 is 11.9 Å². The van der Waals surface area contributed by atoms with Gasteiger partial charge in [0.1, 0.15) is 11.5 Å². The Hall–Kier alpha value is -5.98. The topological polar surface area (TPSA) is 71.1 Å². The highest BCUT2D eigenvalue weighted by Gasteiger charge is 2.01. The van der Waals surface area contributed by atoms with E-state index in [9.17, 15) is 9.59 Å². The summed E-state index contributed by atoms with van der Waals surface area (Å²) >= 11 is 0. The van der Waals surface area contributed by atoms with Gasteiger partial charge in [-0.25, -0.2) is 9.59 Å². The summed E-state index contributed by atoms with van der Waals surface area (Å²) in [6, 6.07) is 31.8. The molecule has 6 nitrogen and oxygen atoms in total. The van der Waals surface area contributed by atoms with E-state index in [1.807, 2.05) is 72.8 Å². The quantitative estimate of drug-likeness (QED) is 0.0570. The molecule has 0 bridgehead atoms. The van der Waals surface area contributed by atoms with Crippen LogP contribution in [-0.4, -0.2) is 38.4 Å². The van der Waals surface area contributed by atoms with E-state index in [-0.39, 0.29) is 0 Å². The molecule has 0 aromatic heterocycles. The average Bonchev–Trinajstić information content (AvgIpc) is 3.13. The van der Waals surface area contributed by atoms with Crippen molar-refractivity contribution in [3.63, 3.8) is 0 Å². The van der Waals surface area contributed by atoms with Gasteiger partial charge in [0.05, 0.1) is 26.4 Å². The van der Waals surface area contributed by atoms with Crippen LogP contribution in [-0.2, 0) is 19.1 Å².